The highest BCUT2D eigenvalue weighted by Gasteiger charge is 1.85. The van der Waals surface area contributed by atoms with Crippen molar-refractivity contribution >= 4 is 11.8 Å². The minimum absolute atomic E-state index is 0.929. The van der Waals surface area contributed by atoms with Crippen LogP contribution in [0.3, 0.4) is 0 Å². The molecule has 0 aromatic heterocycles. The molecule has 0 amide bonds. The van der Waals surface area contributed by atoms with Crippen LogP contribution in [-0.4, -0.2) is 17.5 Å². The maximum absolute atomic E-state index is 5.48. The molecule has 0 aliphatic rings. The van der Waals surface area contributed by atoms with Gasteiger partial charge in [-0.2, -0.15) is 0 Å². The molecule has 0 bridgehead atoms. The number of halogens is 1. The predicted octanol–water partition coefficient (Wildman–Crippen LogP) is 1.48. The van der Waals surface area contributed by atoms with Crippen LogP contribution in [0.25, 0.3) is 0 Å². The number of rotatable bonds is 2. The zero-order chi connectivity index (χ0) is 4.99. The fraction of sp³-hybridized carbons (Fsp3) is 1.00. The van der Waals surface area contributed by atoms with Crippen molar-refractivity contribution in [1.82, 2.24) is 4.42 Å². The van der Waals surface area contributed by atoms with Gasteiger partial charge in [0.1, 0.15) is 0 Å². The predicted molar refractivity (Wildman–Crippen MR) is 28.8 cm³/mol. The van der Waals surface area contributed by atoms with Gasteiger partial charge in [0.15, 0.2) is 0 Å². The molecule has 1 nitrogen and oxygen atoms in total. The lowest BCUT2D eigenvalue weighted by Crippen LogP contribution is -2.08. The van der Waals surface area contributed by atoms with Crippen molar-refractivity contribution in [2.45, 2.75) is 13.8 Å². The van der Waals surface area contributed by atoms with E-state index in [9.17, 15) is 0 Å². The van der Waals surface area contributed by atoms with Crippen molar-refractivity contribution < 1.29 is 0 Å². The summed E-state index contributed by atoms with van der Waals surface area (Å²) in [5.41, 5.74) is 0. The average molecular weight is 108 g/mol. The summed E-state index contributed by atoms with van der Waals surface area (Å²) in [5, 5.41) is 0. The van der Waals surface area contributed by atoms with Crippen LogP contribution < -0.4 is 0 Å². The van der Waals surface area contributed by atoms with Gasteiger partial charge >= 0.3 is 0 Å². The highest BCUT2D eigenvalue weighted by atomic mass is 35.5. The third kappa shape index (κ3) is 2.49. The number of hydrogen-bond donors (Lipinski definition) is 0. The first-order valence-corrected chi connectivity index (χ1v) is 2.55. The molecule has 0 fully saturated rings. The Bertz CT molecular complexity index is 26.7. The molecule has 0 spiro atoms. The molecule has 0 radical (unpaired) electrons. The van der Waals surface area contributed by atoms with E-state index >= 15 is 0 Å². The van der Waals surface area contributed by atoms with E-state index in [1.807, 2.05) is 13.8 Å². The lowest BCUT2D eigenvalue weighted by molar-refractivity contribution is 0.507. The van der Waals surface area contributed by atoms with Crippen LogP contribution in [-0.2, 0) is 0 Å². The molecule has 0 aliphatic heterocycles. The molecule has 6 heavy (non-hydrogen) atoms. The fourth-order valence-electron chi connectivity index (χ4n) is 0.224. The summed E-state index contributed by atoms with van der Waals surface area (Å²) >= 11 is 5.48. The molecule has 0 aromatic carbocycles. The first-order valence-electron chi connectivity index (χ1n) is 2.22. The molecule has 2 heteroatoms. The van der Waals surface area contributed by atoms with E-state index in [0.717, 1.165) is 13.1 Å². The van der Waals surface area contributed by atoms with Gasteiger partial charge < -0.3 is 0 Å². The highest BCUT2D eigenvalue weighted by molar-refractivity contribution is 6.13. The summed E-state index contributed by atoms with van der Waals surface area (Å²) in [7, 11) is 0. The summed E-state index contributed by atoms with van der Waals surface area (Å²) in [4.78, 5) is 0. The Labute approximate surface area is 44.0 Å². The first-order chi connectivity index (χ1) is 2.81. The van der Waals surface area contributed by atoms with Gasteiger partial charge in [-0.25, -0.2) is 4.42 Å². The Morgan fingerprint density at radius 3 is 1.67 bits per heavy atom. The molecule has 0 unspecified atom stereocenters. The van der Waals surface area contributed by atoms with Gasteiger partial charge in [-0.05, 0) is 11.8 Å². The van der Waals surface area contributed by atoms with Crippen LogP contribution in [0.2, 0.25) is 0 Å². The van der Waals surface area contributed by atoms with Gasteiger partial charge in [-0.1, -0.05) is 13.8 Å². The molecule has 0 saturated carbocycles. The van der Waals surface area contributed by atoms with Crippen LogP contribution in [0.1, 0.15) is 13.8 Å². The Morgan fingerprint density at radius 2 is 1.67 bits per heavy atom. The van der Waals surface area contributed by atoms with Crippen LogP contribution in [0.5, 0.6) is 0 Å². The zero-order valence-electron chi connectivity index (χ0n) is 4.24. The normalized spacial score (nSPS) is 10.0. The quantitative estimate of drug-likeness (QED) is 0.484. The van der Waals surface area contributed by atoms with E-state index < -0.39 is 0 Å². The summed E-state index contributed by atoms with van der Waals surface area (Å²) in [6, 6.07) is 0. The summed E-state index contributed by atoms with van der Waals surface area (Å²) < 4.78 is 1.72. The van der Waals surface area contributed by atoms with E-state index in [0.29, 0.717) is 0 Å². The maximum atomic E-state index is 5.48. The monoisotopic (exact) mass is 107 g/mol. The van der Waals surface area contributed by atoms with E-state index in [4.69, 9.17) is 11.8 Å². The van der Waals surface area contributed by atoms with Gasteiger partial charge in [-0.15, -0.1) is 0 Å². The van der Waals surface area contributed by atoms with Crippen molar-refractivity contribution in [2.24, 2.45) is 0 Å². The topological polar surface area (TPSA) is 3.24 Å². The highest BCUT2D eigenvalue weighted by Crippen LogP contribution is 1.87. The van der Waals surface area contributed by atoms with Gasteiger partial charge in [0.2, 0.25) is 0 Å². The van der Waals surface area contributed by atoms with Gasteiger partial charge in [0, 0.05) is 13.1 Å². The lowest BCUT2D eigenvalue weighted by Gasteiger charge is -2.03. The zero-order valence-corrected chi connectivity index (χ0v) is 5.00. The Morgan fingerprint density at radius 1 is 1.33 bits per heavy atom. The Kier molecular flexibility index (Phi) is 3.58. The molecular weight excluding hydrogens is 97.5 g/mol. The molecule has 0 saturated heterocycles. The lowest BCUT2D eigenvalue weighted by atomic mass is 10.7. The molecule has 0 N–H and O–H groups in total. The second-order valence-electron chi connectivity index (χ2n) is 1.10. The summed E-state index contributed by atoms with van der Waals surface area (Å²) in [5.74, 6) is 0. The maximum Gasteiger partial charge on any atom is 0.0110 e. The molecule has 0 rings (SSSR count). The Hall–Kier alpha value is 0.250. The van der Waals surface area contributed by atoms with Crippen LogP contribution in [0.4, 0.5) is 0 Å². The average Bonchev–Trinajstić information content (AvgIpc) is 1.65. The minimum atomic E-state index is 0.929. The smallest absolute Gasteiger partial charge is 0.0110 e. The van der Waals surface area contributed by atoms with Gasteiger partial charge in [-0.3, -0.25) is 0 Å². The second kappa shape index (κ2) is 3.44. The largest absolute Gasteiger partial charge is 0.221 e. The van der Waals surface area contributed by atoms with Gasteiger partial charge in [0.05, 0.1) is 0 Å². The van der Waals surface area contributed by atoms with E-state index in [2.05, 4.69) is 0 Å². The van der Waals surface area contributed by atoms with Crippen molar-refractivity contribution in [1.29, 1.82) is 0 Å². The first kappa shape index (κ1) is 6.25. The van der Waals surface area contributed by atoms with Crippen LogP contribution >= 0.6 is 11.8 Å². The van der Waals surface area contributed by atoms with E-state index in [1.54, 1.807) is 4.42 Å². The number of nitrogens with zero attached hydrogens (tertiary/aromatic N) is 1. The standard InChI is InChI=1S/C4H10ClN/c1-3-6(5)4-2/h3-4H2,1-2H3. The third-order valence-corrected chi connectivity index (χ3v) is 1.16. The van der Waals surface area contributed by atoms with Crippen molar-refractivity contribution in [3.63, 3.8) is 0 Å². The van der Waals surface area contributed by atoms with Crippen molar-refractivity contribution in [3.8, 4) is 0 Å². The van der Waals surface area contributed by atoms with E-state index in [-0.39, 0.29) is 0 Å². The van der Waals surface area contributed by atoms with Crippen molar-refractivity contribution in [2.75, 3.05) is 13.1 Å². The Balaban J connectivity index is 2.75. The molecule has 0 atom stereocenters. The molecule has 38 valence electrons. The second-order valence-corrected chi connectivity index (χ2v) is 1.57. The van der Waals surface area contributed by atoms with Crippen LogP contribution in [0.15, 0.2) is 0 Å². The van der Waals surface area contributed by atoms with Crippen molar-refractivity contribution in [3.05, 3.63) is 0 Å². The molecule has 0 aliphatic carbocycles. The molecule has 0 aromatic rings. The van der Waals surface area contributed by atoms with Gasteiger partial charge in [0.25, 0.3) is 0 Å². The fourth-order valence-corrected chi connectivity index (χ4v) is 0.224. The van der Waals surface area contributed by atoms with Crippen LogP contribution in [0, 0.1) is 0 Å². The summed E-state index contributed by atoms with van der Waals surface area (Å²) in [6.07, 6.45) is 0. The SMILES string of the molecule is CCN(Cl)CC. The number of hydrogen-bond acceptors (Lipinski definition) is 1. The minimum Gasteiger partial charge on any atom is -0.221 e. The molecular formula is C4H10ClN. The summed E-state index contributed by atoms with van der Waals surface area (Å²) in [6.45, 7) is 5.91. The third-order valence-electron chi connectivity index (χ3n) is 0.686. The molecule has 0 heterocycles. The van der Waals surface area contributed by atoms with E-state index in [1.165, 1.54) is 0 Å².